The van der Waals surface area contributed by atoms with Gasteiger partial charge in [-0.15, -0.1) is 0 Å². The molecular weight excluding hydrogens is 400 g/mol. The number of carbonyl (C=O) groups is 2. The maximum Gasteiger partial charge on any atom is 0.343 e. The van der Waals surface area contributed by atoms with Gasteiger partial charge in [0.1, 0.15) is 11.5 Å². The van der Waals surface area contributed by atoms with Gasteiger partial charge >= 0.3 is 11.9 Å². The van der Waals surface area contributed by atoms with Crippen LogP contribution in [0.2, 0.25) is 0 Å². The minimum absolute atomic E-state index is 0.296. The van der Waals surface area contributed by atoms with E-state index in [0.717, 1.165) is 5.92 Å². The van der Waals surface area contributed by atoms with Crippen molar-refractivity contribution >= 4 is 11.9 Å². The lowest BCUT2D eigenvalue weighted by atomic mass is 9.77. The Bertz CT molecular complexity index is 846. The van der Waals surface area contributed by atoms with Crippen molar-refractivity contribution in [3.63, 3.8) is 0 Å². The van der Waals surface area contributed by atoms with Crippen LogP contribution in [0.5, 0.6) is 11.5 Å². The summed E-state index contributed by atoms with van der Waals surface area (Å²) in [6, 6.07) is 14.4. The molecule has 1 aliphatic carbocycles. The van der Waals surface area contributed by atoms with E-state index in [1.54, 1.807) is 31.2 Å². The van der Waals surface area contributed by atoms with Gasteiger partial charge in [0.05, 0.1) is 5.56 Å². The maximum absolute atomic E-state index is 12.5. The Morgan fingerprint density at radius 2 is 1.41 bits per heavy atom. The van der Waals surface area contributed by atoms with Gasteiger partial charge in [-0.2, -0.15) is 0 Å². The smallest absolute Gasteiger partial charge is 0.343 e. The van der Waals surface area contributed by atoms with Crippen LogP contribution in [0.4, 0.5) is 0 Å². The van der Waals surface area contributed by atoms with E-state index in [-0.39, 0.29) is 11.9 Å². The van der Waals surface area contributed by atoms with E-state index in [1.165, 1.54) is 63.4 Å². The number of esters is 2. The van der Waals surface area contributed by atoms with Crippen LogP contribution in [0.3, 0.4) is 0 Å². The largest absolute Gasteiger partial charge is 0.427 e. The van der Waals surface area contributed by atoms with Gasteiger partial charge in [0.2, 0.25) is 0 Å². The lowest BCUT2D eigenvalue weighted by Gasteiger charge is -2.29. The molecule has 0 unspecified atom stereocenters. The van der Waals surface area contributed by atoms with E-state index in [9.17, 15) is 9.59 Å². The van der Waals surface area contributed by atoms with E-state index < -0.39 is 0 Å². The Labute approximate surface area is 192 Å². The summed E-state index contributed by atoms with van der Waals surface area (Å²) in [7, 11) is 0. The third-order valence-corrected chi connectivity index (χ3v) is 6.49. The maximum atomic E-state index is 12.5. The minimum atomic E-state index is -0.384. The summed E-state index contributed by atoms with van der Waals surface area (Å²) in [6.07, 6.45) is 12.3. The Balaban J connectivity index is 1.47. The predicted octanol–water partition coefficient (Wildman–Crippen LogP) is 7.47. The molecule has 0 aromatic heterocycles. The molecule has 1 saturated carbocycles. The molecule has 0 heterocycles. The molecule has 2 aromatic rings. The molecule has 0 N–H and O–H groups in total. The van der Waals surface area contributed by atoms with E-state index in [0.29, 0.717) is 29.4 Å². The van der Waals surface area contributed by atoms with Crippen molar-refractivity contribution < 1.29 is 19.1 Å². The van der Waals surface area contributed by atoms with Gasteiger partial charge in [-0.25, -0.2) is 4.79 Å². The number of carbonyl (C=O) groups excluding carboxylic acids is 2. The Kier molecular flexibility index (Phi) is 9.33. The van der Waals surface area contributed by atoms with Gasteiger partial charge in [0.15, 0.2) is 0 Å². The first-order valence-electron chi connectivity index (χ1n) is 12.2. The number of unbranched alkanes of at least 4 members (excludes halogenated alkanes) is 3. The van der Waals surface area contributed by atoms with Gasteiger partial charge in [0, 0.05) is 6.42 Å². The highest BCUT2D eigenvalue weighted by Crippen LogP contribution is 2.37. The van der Waals surface area contributed by atoms with Gasteiger partial charge in [-0.05, 0) is 79.5 Å². The summed E-state index contributed by atoms with van der Waals surface area (Å²) < 4.78 is 10.6. The van der Waals surface area contributed by atoms with Crippen LogP contribution in [0.1, 0.15) is 99.9 Å². The molecule has 4 nitrogen and oxygen atoms in total. The molecule has 0 atom stereocenters. The van der Waals surface area contributed by atoms with Crippen LogP contribution >= 0.6 is 0 Å². The zero-order valence-electron chi connectivity index (χ0n) is 19.5. The Morgan fingerprint density at radius 1 is 0.781 bits per heavy atom. The first-order chi connectivity index (χ1) is 15.6. The summed E-state index contributed by atoms with van der Waals surface area (Å²) in [4.78, 5) is 23.8. The van der Waals surface area contributed by atoms with Crippen LogP contribution in [0.25, 0.3) is 0 Å². The SMILES string of the molecule is CCCCCCC1CCC(c2ccc(C(=O)Oc3ccc(OC(=O)CC)cc3)cc2)CC1. The van der Waals surface area contributed by atoms with Crippen molar-refractivity contribution in [1.29, 1.82) is 0 Å². The topological polar surface area (TPSA) is 52.6 Å². The highest BCUT2D eigenvalue weighted by atomic mass is 16.5. The van der Waals surface area contributed by atoms with Crippen molar-refractivity contribution in [1.82, 2.24) is 0 Å². The second-order valence-electron chi connectivity index (χ2n) is 8.88. The molecular formula is C28H36O4. The average Bonchev–Trinajstić information content (AvgIpc) is 2.83. The lowest BCUT2D eigenvalue weighted by Crippen LogP contribution is -2.14. The predicted molar refractivity (Wildman–Crippen MR) is 127 cm³/mol. The van der Waals surface area contributed by atoms with Crippen LogP contribution < -0.4 is 9.47 Å². The van der Waals surface area contributed by atoms with Crippen molar-refractivity contribution in [3.05, 3.63) is 59.7 Å². The first-order valence-corrected chi connectivity index (χ1v) is 12.2. The van der Waals surface area contributed by atoms with Crippen molar-refractivity contribution in [2.24, 2.45) is 5.92 Å². The fourth-order valence-electron chi connectivity index (χ4n) is 4.48. The van der Waals surface area contributed by atoms with Gasteiger partial charge in [-0.1, -0.05) is 58.1 Å². The second-order valence-corrected chi connectivity index (χ2v) is 8.88. The number of benzene rings is 2. The van der Waals surface area contributed by atoms with Gasteiger partial charge < -0.3 is 9.47 Å². The van der Waals surface area contributed by atoms with Crippen LogP contribution in [-0.2, 0) is 4.79 Å². The Morgan fingerprint density at radius 3 is 2.00 bits per heavy atom. The molecule has 2 aromatic carbocycles. The molecule has 0 spiro atoms. The molecule has 1 aliphatic rings. The Hall–Kier alpha value is -2.62. The number of hydrogen-bond acceptors (Lipinski definition) is 4. The third kappa shape index (κ3) is 7.22. The van der Waals surface area contributed by atoms with Crippen molar-refractivity contribution in [2.45, 2.75) is 84.0 Å². The fourth-order valence-corrected chi connectivity index (χ4v) is 4.48. The molecule has 32 heavy (non-hydrogen) atoms. The van der Waals surface area contributed by atoms with E-state index in [4.69, 9.17) is 9.47 Å². The highest BCUT2D eigenvalue weighted by molar-refractivity contribution is 5.91. The van der Waals surface area contributed by atoms with Crippen LogP contribution in [0, 0.1) is 5.92 Å². The van der Waals surface area contributed by atoms with E-state index >= 15 is 0 Å². The summed E-state index contributed by atoms with van der Waals surface area (Å²) in [5.74, 6) is 1.69. The van der Waals surface area contributed by atoms with Crippen molar-refractivity contribution in [2.75, 3.05) is 0 Å². The number of hydrogen-bond donors (Lipinski definition) is 0. The van der Waals surface area contributed by atoms with Crippen LogP contribution in [0.15, 0.2) is 48.5 Å². The average molecular weight is 437 g/mol. The lowest BCUT2D eigenvalue weighted by molar-refractivity contribution is -0.134. The number of ether oxygens (including phenoxy) is 2. The summed E-state index contributed by atoms with van der Waals surface area (Å²) >= 11 is 0. The fraction of sp³-hybridized carbons (Fsp3) is 0.500. The van der Waals surface area contributed by atoms with Gasteiger partial charge in [0.25, 0.3) is 0 Å². The molecule has 0 saturated heterocycles. The standard InChI is InChI=1S/C28H36O4/c1-3-5-6-7-8-21-9-11-22(12-10-21)23-13-15-24(16-14-23)28(30)32-26-19-17-25(18-20-26)31-27(29)4-2/h13-22H,3-12H2,1-2H3. The molecule has 0 aliphatic heterocycles. The molecule has 4 heteroatoms. The third-order valence-electron chi connectivity index (χ3n) is 6.49. The molecule has 0 amide bonds. The molecule has 172 valence electrons. The van der Waals surface area contributed by atoms with Gasteiger partial charge in [-0.3, -0.25) is 4.79 Å². The van der Waals surface area contributed by atoms with E-state index in [2.05, 4.69) is 19.1 Å². The molecule has 0 bridgehead atoms. The summed E-state index contributed by atoms with van der Waals surface area (Å²) in [5.41, 5.74) is 1.87. The summed E-state index contributed by atoms with van der Waals surface area (Å²) in [5, 5.41) is 0. The molecule has 0 radical (unpaired) electrons. The number of rotatable bonds is 10. The minimum Gasteiger partial charge on any atom is -0.427 e. The summed E-state index contributed by atoms with van der Waals surface area (Å²) in [6.45, 7) is 4.01. The van der Waals surface area contributed by atoms with Crippen molar-refractivity contribution in [3.8, 4) is 11.5 Å². The molecule has 3 rings (SSSR count). The van der Waals surface area contributed by atoms with Crippen LogP contribution in [-0.4, -0.2) is 11.9 Å². The molecule has 1 fully saturated rings. The van der Waals surface area contributed by atoms with E-state index in [1.807, 2.05) is 12.1 Å². The monoisotopic (exact) mass is 436 g/mol. The zero-order valence-corrected chi connectivity index (χ0v) is 19.5. The second kappa shape index (κ2) is 12.4. The zero-order chi connectivity index (χ0) is 22.8. The first kappa shape index (κ1) is 24.0. The quantitative estimate of drug-likeness (QED) is 0.220. The normalized spacial score (nSPS) is 18.2. The highest BCUT2D eigenvalue weighted by Gasteiger charge is 2.22.